The van der Waals surface area contributed by atoms with Crippen molar-refractivity contribution in [1.82, 2.24) is 0 Å². The van der Waals surface area contributed by atoms with Crippen LogP contribution in [0.25, 0.3) is 28.4 Å². The molecule has 7 N–H and O–H groups in total. The van der Waals surface area contributed by atoms with Gasteiger partial charge in [-0.25, -0.2) is 4.79 Å². The molecule has 3 aromatic carbocycles. The molecule has 0 spiro atoms. The van der Waals surface area contributed by atoms with Crippen LogP contribution in [0, 0.1) is 0 Å². The fourth-order valence-electron chi connectivity index (χ4n) is 4.74. The standard InChI is InChI=1S/C30H26O12/c31-13-22-26(38)27(39)30(42-23(37)10-3-14-1-6-16(32)7-2-14)29(41-22)25-19(35)11-18(34)24-20(36)12-21(40-28(24)25)15-4-8-17(33)9-5-15/h1-12,22,26-27,29-35,38-39H,13H2/t22-,26-,27-,29+,30-/m0/s1. The van der Waals surface area contributed by atoms with E-state index in [9.17, 15) is 45.3 Å². The van der Waals surface area contributed by atoms with Crippen molar-refractivity contribution in [3.05, 3.63) is 88.1 Å². The van der Waals surface area contributed by atoms with Crippen LogP contribution in [0.3, 0.4) is 0 Å². The minimum absolute atomic E-state index is 0.0146. The molecule has 1 aliphatic rings. The van der Waals surface area contributed by atoms with Crippen molar-refractivity contribution in [3.63, 3.8) is 0 Å². The molecule has 5 atom stereocenters. The van der Waals surface area contributed by atoms with Crippen LogP contribution < -0.4 is 5.43 Å². The summed E-state index contributed by atoms with van der Waals surface area (Å²) in [7, 11) is 0. The number of phenols is 4. The van der Waals surface area contributed by atoms with Crippen LogP contribution in [0.2, 0.25) is 0 Å². The van der Waals surface area contributed by atoms with Gasteiger partial charge in [-0.1, -0.05) is 12.1 Å². The molecule has 0 saturated carbocycles. The summed E-state index contributed by atoms with van der Waals surface area (Å²) in [5.74, 6) is -2.30. The number of phenolic OH excluding ortho intramolecular Hbond substituents is 4. The van der Waals surface area contributed by atoms with Crippen LogP contribution in [0.5, 0.6) is 23.0 Å². The van der Waals surface area contributed by atoms with Gasteiger partial charge in [-0.2, -0.15) is 0 Å². The molecule has 5 rings (SSSR count). The highest BCUT2D eigenvalue weighted by Crippen LogP contribution is 2.44. The number of carbonyl (C=O) groups is 1. The van der Waals surface area contributed by atoms with Gasteiger partial charge in [-0.3, -0.25) is 4.79 Å². The van der Waals surface area contributed by atoms with Crippen molar-refractivity contribution in [1.29, 1.82) is 0 Å². The second-order valence-corrected chi connectivity index (χ2v) is 9.64. The maximum absolute atomic E-state index is 13.1. The Hall–Kier alpha value is -4.88. The van der Waals surface area contributed by atoms with Gasteiger partial charge in [0.15, 0.2) is 17.1 Å². The fraction of sp³-hybridized carbons (Fsp3) is 0.200. The smallest absolute Gasteiger partial charge is 0.331 e. The molecular formula is C30H26O12. The molecule has 4 aromatic rings. The molecule has 12 nitrogen and oxygen atoms in total. The van der Waals surface area contributed by atoms with Crippen LogP contribution >= 0.6 is 0 Å². The molecular weight excluding hydrogens is 552 g/mol. The van der Waals surface area contributed by atoms with E-state index in [1.807, 2.05) is 0 Å². The molecule has 0 unspecified atom stereocenters. The zero-order valence-electron chi connectivity index (χ0n) is 21.7. The first-order chi connectivity index (χ1) is 20.1. The monoisotopic (exact) mass is 578 g/mol. The quantitative estimate of drug-likeness (QED) is 0.130. The molecule has 0 bridgehead atoms. The van der Waals surface area contributed by atoms with E-state index in [0.717, 1.165) is 18.2 Å². The van der Waals surface area contributed by atoms with Crippen LogP contribution in [0.15, 0.2) is 76.0 Å². The van der Waals surface area contributed by atoms with Crippen molar-refractivity contribution in [2.75, 3.05) is 6.61 Å². The van der Waals surface area contributed by atoms with Crippen LogP contribution in [-0.2, 0) is 14.3 Å². The van der Waals surface area contributed by atoms with Crippen LogP contribution in [0.1, 0.15) is 17.2 Å². The Bertz CT molecular complexity index is 1690. The van der Waals surface area contributed by atoms with Gasteiger partial charge < -0.3 is 49.6 Å². The molecule has 42 heavy (non-hydrogen) atoms. The predicted molar refractivity (Wildman–Crippen MR) is 147 cm³/mol. The first kappa shape index (κ1) is 28.6. The van der Waals surface area contributed by atoms with E-state index in [-0.39, 0.29) is 33.8 Å². The van der Waals surface area contributed by atoms with Gasteiger partial charge in [0.25, 0.3) is 0 Å². The number of carbonyl (C=O) groups excluding carboxylic acids is 1. The summed E-state index contributed by atoms with van der Waals surface area (Å²) in [5.41, 5.74) is -0.484. The first-order valence-electron chi connectivity index (χ1n) is 12.7. The number of aromatic hydroxyl groups is 4. The van der Waals surface area contributed by atoms with Gasteiger partial charge in [0.05, 0.1) is 12.2 Å². The predicted octanol–water partition coefficient (Wildman–Crippen LogP) is 2.06. The second-order valence-electron chi connectivity index (χ2n) is 9.64. The molecule has 2 heterocycles. The number of hydrogen-bond acceptors (Lipinski definition) is 12. The Morgan fingerprint density at radius 2 is 1.52 bits per heavy atom. The lowest BCUT2D eigenvalue weighted by Crippen LogP contribution is -2.56. The van der Waals surface area contributed by atoms with Gasteiger partial charge >= 0.3 is 5.97 Å². The SMILES string of the molecule is O=C(C=Cc1ccc(O)cc1)O[C@H]1[C@@H](O)[C@@H](O)[C@H](CO)O[C@@H]1c1c(O)cc(O)c2c(=O)cc(-c3ccc(O)cc3)oc12. The van der Waals surface area contributed by atoms with Gasteiger partial charge in [0.1, 0.15) is 58.6 Å². The fourth-order valence-corrected chi connectivity index (χ4v) is 4.74. The molecule has 1 saturated heterocycles. The molecule has 0 aliphatic carbocycles. The molecule has 1 fully saturated rings. The Kier molecular flexibility index (Phi) is 7.87. The third-order valence-electron chi connectivity index (χ3n) is 6.86. The molecule has 12 heteroatoms. The first-order valence-corrected chi connectivity index (χ1v) is 12.7. The van der Waals surface area contributed by atoms with Crippen molar-refractivity contribution < 1.29 is 54.4 Å². The topological polar surface area (TPSA) is 207 Å². The third kappa shape index (κ3) is 5.51. The van der Waals surface area contributed by atoms with E-state index in [4.69, 9.17) is 13.9 Å². The lowest BCUT2D eigenvalue weighted by Gasteiger charge is -2.41. The summed E-state index contributed by atoms with van der Waals surface area (Å²) in [6.45, 7) is -0.768. The number of aliphatic hydroxyl groups is 3. The van der Waals surface area contributed by atoms with E-state index in [1.165, 1.54) is 54.6 Å². The lowest BCUT2D eigenvalue weighted by atomic mass is 9.89. The Balaban J connectivity index is 1.61. The zero-order chi connectivity index (χ0) is 30.1. The number of ether oxygens (including phenoxy) is 2. The summed E-state index contributed by atoms with van der Waals surface area (Å²) in [6.07, 6.45) is -5.84. The summed E-state index contributed by atoms with van der Waals surface area (Å²) < 4.78 is 17.2. The summed E-state index contributed by atoms with van der Waals surface area (Å²) in [5, 5.41) is 71.5. The average Bonchev–Trinajstić information content (AvgIpc) is 2.96. The maximum atomic E-state index is 13.1. The van der Waals surface area contributed by atoms with Gasteiger partial charge in [0, 0.05) is 23.8 Å². The molecule has 1 aromatic heterocycles. The van der Waals surface area contributed by atoms with E-state index >= 15 is 0 Å². The normalized spacial score (nSPS) is 22.4. The number of esters is 1. The van der Waals surface area contributed by atoms with E-state index < -0.39 is 60.0 Å². The number of benzene rings is 3. The second kappa shape index (κ2) is 11.5. The average molecular weight is 579 g/mol. The number of aliphatic hydroxyl groups excluding tert-OH is 3. The largest absolute Gasteiger partial charge is 0.508 e. The van der Waals surface area contributed by atoms with Crippen LogP contribution in [-0.4, -0.2) is 72.7 Å². The lowest BCUT2D eigenvalue weighted by molar-refractivity contribution is -0.239. The highest BCUT2D eigenvalue weighted by molar-refractivity contribution is 5.90. The highest BCUT2D eigenvalue weighted by Gasteiger charge is 2.48. The molecule has 1 aliphatic heterocycles. The Morgan fingerprint density at radius 1 is 0.881 bits per heavy atom. The summed E-state index contributed by atoms with van der Waals surface area (Å²) in [6, 6.07) is 13.5. The number of fused-ring (bicyclic) bond motifs is 1. The van der Waals surface area contributed by atoms with Crippen molar-refractivity contribution >= 4 is 23.0 Å². The summed E-state index contributed by atoms with van der Waals surface area (Å²) in [4.78, 5) is 25.9. The van der Waals surface area contributed by atoms with Gasteiger partial charge in [0.2, 0.25) is 0 Å². The Morgan fingerprint density at radius 3 is 2.17 bits per heavy atom. The minimum atomic E-state index is -1.83. The van der Waals surface area contributed by atoms with E-state index in [1.54, 1.807) is 0 Å². The number of rotatable bonds is 6. The van der Waals surface area contributed by atoms with Gasteiger partial charge in [-0.15, -0.1) is 0 Å². The number of hydrogen-bond donors (Lipinski definition) is 7. The van der Waals surface area contributed by atoms with Crippen molar-refractivity contribution in [3.8, 4) is 34.3 Å². The van der Waals surface area contributed by atoms with Crippen molar-refractivity contribution in [2.24, 2.45) is 0 Å². The summed E-state index contributed by atoms with van der Waals surface area (Å²) >= 11 is 0. The third-order valence-corrected chi connectivity index (χ3v) is 6.86. The van der Waals surface area contributed by atoms with Crippen LogP contribution in [0.4, 0.5) is 0 Å². The van der Waals surface area contributed by atoms with Crippen molar-refractivity contribution in [2.45, 2.75) is 30.5 Å². The molecule has 0 radical (unpaired) electrons. The molecule has 218 valence electrons. The minimum Gasteiger partial charge on any atom is -0.508 e. The zero-order valence-corrected chi connectivity index (χ0v) is 21.7. The van der Waals surface area contributed by atoms with E-state index in [2.05, 4.69) is 0 Å². The van der Waals surface area contributed by atoms with Gasteiger partial charge in [-0.05, 0) is 48.0 Å². The highest BCUT2D eigenvalue weighted by atomic mass is 16.6. The molecule has 0 amide bonds. The van der Waals surface area contributed by atoms with E-state index in [0.29, 0.717) is 11.1 Å². The Labute approximate surface area is 237 Å². The maximum Gasteiger partial charge on any atom is 0.331 e.